The van der Waals surface area contributed by atoms with Crippen molar-refractivity contribution >= 4 is 28.8 Å². The molecule has 3 rings (SSSR count). The van der Waals surface area contributed by atoms with Crippen LogP contribution in [-0.2, 0) is 6.54 Å². The van der Waals surface area contributed by atoms with Gasteiger partial charge in [0.2, 0.25) is 0 Å². The summed E-state index contributed by atoms with van der Waals surface area (Å²) in [6.07, 6.45) is 0. The van der Waals surface area contributed by atoms with E-state index in [2.05, 4.69) is 54.6 Å². The van der Waals surface area contributed by atoms with Crippen molar-refractivity contribution in [1.82, 2.24) is 4.57 Å². The molecular weight excluding hydrogens is 352 g/mol. The molecule has 0 bridgehead atoms. The zero-order valence-corrected chi connectivity index (χ0v) is 16.0. The number of halogens is 1. The van der Waals surface area contributed by atoms with E-state index in [4.69, 9.17) is 11.6 Å². The molecule has 0 unspecified atom stereocenters. The summed E-state index contributed by atoms with van der Waals surface area (Å²) in [7, 11) is 0. The summed E-state index contributed by atoms with van der Waals surface area (Å²) in [6, 6.07) is 15.3. The van der Waals surface area contributed by atoms with Crippen LogP contribution in [0.4, 0.5) is 0 Å². The second-order valence-corrected chi connectivity index (χ2v) is 7.45. The van der Waals surface area contributed by atoms with Crippen molar-refractivity contribution in [2.24, 2.45) is 4.99 Å². The van der Waals surface area contributed by atoms with Crippen LogP contribution >= 0.6 is 22.9 Å². The van der Waals surface area contributed by atoms with Crippen LogP contribution in [0.3, 0.4) is 0 Å². The van der Waals surface area contributed by atoms with Crippen molar-refractivity contribution in [3.05, 3.63) is 74.4 Å². The van der Waals surface area contributed by atoms with Gasteiger partial charge in [0.05, 0.1) is 5.69 Å². The van der Waals surface area contributed by atoms with Crippen molar-refractivity contribution < 1.29 is 4.79 Å². The minimum atomic E-state index is -0.276. The minimum Gasteiger partial charge on any atom is -0.316 e. The monoisotopic (exact) mass is 370 g/mol. The smallest absolute Gasteiger partial charge is 0.279 e. The summed E-state index contributed by atoms with van der Waals surface area (Å²) >= 11 is 7.51. The van der Waals surface area contributed by atoms with Gasteiger partial charge in [-0.15, -0.1) is 11.3 Å². The predicted molar refractivity (Wildman–Crippen MR) is 104 cm³/mol. The maximum Gasteiger partial charge on any atom is 0.279 e. The Bertz CT molecular complexity index is 984. The molecule has 25 heavy (non-hydrogen) atoms. The number of carbonyl (C=O) groups excluding carboxylic acids is 1. The summed E-state index contributed by atoms with van der Waals surface area (Å²) in [5, 5.41) is 0.534. The van der Waals surface area contributed by atoms with Crippen LogP contribution in [0.15, 0.2) is 53.5 Å². The van der Waals surface area contributed by atoms with Crippen LogP contribution in [0, 0.1) is 13.8 Å². The molecule has 3 aromatic rings. The molecule has 0 aliphatic carbocycles. The van der Waals surface area contributed by atoms with Crippen molar-refractivity contribution in [1.29, 1.82) is 0 Å². The van der Waals surface area contributed by atoms with Gasteiger partial charge in [0.25, 0.3) is 5.91 Å². The second-order valence-electron chi connectivity index (χ2n) is 5.83. The largest absolute Gasteiger partial charge is 0.316 e. The first-order valence-electron chi connectivity index (χ1n) is 8.11. The molecule has 5 heteroatoms. The molecule has 0 fully saturated rings. The van der Waals surface area contributed by atoms with Gasteiger partial charge in [0.15, 0.2) is 4.80 Å². The molecule has 3 nitrogen and oxygen atoms in total. The molecule has 0 radical (unpaired) electrons. The number of nitrogens with zero attached hydrogens (tertiary/aromatic N) is 2. The van der Waals surface area contributed by atoms with Crippen molar-refractivity contribution in [3.8, 4) is 11.3 Å². The summed E-state index contributed by atoms with van der Waals surface area (Å²) in [4.78, 5) is 18.7. The lowest BCUT2D eigenvalue weighted by Crippen LogP contribution is -2.17. The second kappa shape index (κ2) is 7.38. The van der Waals surface area contributed by atoms with Crippen LogP contribution in [0.2, 0.25) is 5.02 Å². The fourth-order valence-electron chi connectivity index (χ4n) is 2.75. The first-order valence-corrected chi connectivity index (χ1v) is 9.31. The van der Waals surface area contributed by atoms with Crippen molar-refractivity contribution in [2.75, 3.05) is 0 Å². The maximum atomic E-state index is 12.5. The SMILES string of the molecule is CCn1c(-c2ccc(C)cc2)c(C)sc1=NC(=O)c1cccc(Cl)c1. The summed E-state index contributed by atoms with van der Waals surface area (Å²) in [5.41, 5.74) is 3.97. The molecule has 0 spiro atoms. The lowest BCUT2D eigenvalue weighted by Gasteiger charge is -2.08. The van der Waals surface area contributed by atoms with E-state index < -0.39 is 0 Å². The highest BCUT2D eigenvalue weighted by atomic mass is 35.5. The molecule has 0 saturated heterocycles. The Labute approximate surface area is 156 Å². The van der Waals surface area contributed by atoms with E-state index in [1.54, 1.807) is 24.3 Å². The van der Waals surface area contributed by atoms with E-state index in [9.17, 15) is 4.79 Å². The topological polar surface area (TPSA) is 34.4 Å². The summed E-state index contributed by atoms with van der Waals surface area (Å²) < 4.78 is 2.09. The van der Waals surface area contributed by atoms with Gasteiger partial charge in [-0.2, -0.15) is 4.99 Å². The molecule has 1 aromatic heterocycles. The quantitative estimate of drug-likeness (QED) is 0.620. The molecule has 0 aliphatic rings. The molecule has 2 aromatic carbocycles. The van der Waals surface area contributed by atoms with Crippen molar-refractivity contribution in [2.45, 2.75) is 27.3 Å². The predicted octanol–water partition coefficient (Wildman–Crippen LogP) is 5.25. The van der Waals surface area contributed by atoms with Gasteiger partial charge in [-0.25, -0.2) is 0 Å². The fourth-order valence-corrected chi connectivity index (χ4v) is 3.99. The van der Waals surface area contributed by atoms with Gasteiger partial charge in [-0.3, -0.25) is 4.79 Å². The zero-order chi connectivity index (χ0) is 18.0. The average Bonchev–Trinajstić information content (AvgIpc) is 2.90. The first-order chi connectivity index (χ1) is 12.0. The highest BCUT2D eigenvalue weighted by Gasteiger charge is 2.13. The van der Waals surface area contributed by atoms with Crippen LogP contribution in [-0.4, -0.2) is 10.5 Å². The third kappa shape index (κ3) is 3.75. The van der Waals surface area contributed by atoms with E-state index in [0.717, 1.165) is 22.7 Å². The van der Waals surface area contributed by atoms with Crippen LogP contribution in [0.1, 0.15) is 27.7 Å². The lowest BCUT2D eigenvalue weighted by molar-refractivity contribution is 0.0998. The van der Waals surface area contributed by atoms with Crippen molar-refractivity contribution in [3.63, 3.8) is 0 Å². The molecular formula is C20H19ClN2OS. The molecule has 0 N–H and O–H groups in total. The van der Waals surface area contributed by atoms with E-state index in [0.29, 0.717) is 15.4 Å². The van der Waals surface area contributed by atoms with E-state index in [1.165, 1.54) is 16.9 Å². The number of benzene rings is 2. The molecule has 1 amide bonds. The molecule has 0 saturated carbocycles. The molecule has 0 atom stereocenters. The van der Waals surface area contributed by atoms with E-state index >= 15 is 0 Å². The van der Waals surface area contributed by atoms with Gasteiger partial charge in [-0.05, 0) is 44.5 Å². The highest BCUT2D eigenvalue weighted by Crippen LogP contribution is 2.25. The number of hydrogen-bond acceptors (Lipinski definition) is 2. The molecule has 1 heterocycles. The zero-order valence-electron chi connectivity index (χ0n) is 14.4. The maximum absolute atomic E-state index is 12.5. The Hall–Kier alpha value is -2.17. The van der Waals surface area contributed by atoms with Crippen LogP contribution in [0.25, 0.3) is 11.3 Å². The number of aromatic nitrogens is 1. The minimum absolute atomic E-state index is 0.276. The molecule has 128 valence electrons. The van der Waals surface area contributed by atoms with Gasteiger partial charge in [-0.1, -0.05) is 47.5 Å². The number of rotatable bonds is 3. The Morgan fingerprint density at radius 2 is 1.88 bits per heavy atom. The Morgan fingerprint density at radius 1 is 1.16 bits per heavy atom. The van der Waals surface area contributed by atoms with Gasteiger partial charge >= 0.3 is 0 Å². The summed E-state index contributed by atoms with van der Waals surface area (Å²) in [6.45, 7) is 6.94. The Kier molecular flexibility index (Phi) is 5.21. The third-order valence-corrected chi connectivity index (χ3v) is 5.22. The average molecular weight is 371 g/mol. The Balaban J connectivity index is 2.10. The van der Waals surface area contributed by atoms with E-state index in [1.807, 2.05) is 0 Å². The van der Waals surface area contributed by atoms with Crippen LogP contribution in [0.5, 0.6) is 0 Å². The number of aryl methyl sites for hydroxylation is 2. The van der Waals surface area contributed by atoms with Gasteiger partial charge < -0.3 is 4.57 Å². The fraction of sp³-hybridized carbons (Fsp3) is 0.200. The first kappa shape index (κ1) is 17.6. The van der Waals surface area contributed by atoms with Gasteiger partial charge in [0.1, 0.15) is 0 Å². The highest BCUT2D eigenvalue weighted by molar-refractivity contribution is 7.09. The third-order valence-electron chi connectivity index (χ3n) is 3.99. The number of amides is 1. The number of hydrogen-bond donors (Lipinski definition) is 0. The Morgan fingerprint density at radius 3 is 2.52 bits per heavy atom. The summed E-state index contributed by atoms with van der Waals surface area (Å²) in [5.74, 6) is -0.276. The standard InChI is InChI=1S/C20H19ClN2OS/c1-4-23-18(15-10-8-13(2)9-11-15)14(3)25-20(23)22-19(24)16-6-5-7-17(21)12-16/h5-12H,4H2,1-3H3. The van der Waals surface area contributed by atoms with Crippen LogP contribution < -0.4 is 4.80 Å². The lowest BCUT2D eigenvalue weighted by atomic mass is 10.1. The number of thiazole rings is 1. The normalized spacial score (nSPS) is 11.8. The number of carbonyl (C=O) groups is 1. The van der Waals surface area contributed by atoms with Gasteiger partial charge in [0, 0.05) is 22.0 Å². The van der Waals surface area contributed by atoms with E-state index in [-0.39, 0.29) is 5.91 Å². The molecule has 0 aliphatic heterocycles.